The Balaban J connectivity index is 2.52. The van der Waals surface area contributed by atoms with Crippen molar-refractivity contribution in [2.75, 3.05) is 0 Å². The summed E-state index contributed by atoms with van der Waals surface area (Å²) in [6, 6.07) is 4.43. The van der Waals surface area contributed by atoms with Gasteiger partial charge in [0.15, 0.2) is 0 Å². The summed E-state index contributed by atoms with van der Waals surface area (Å²) in [7, 11) is 0. The molecule has 0 saturated carbocycles. The van der Waals surface area contributed by atoms with Gasteiger partial charge in [0.1, 0.15) is 0 Å². The molecule has 0 radical (unpaired) electrons. The van der Waals surface area contributed by atoms with E-state index in [4.69, 9.17) is 0 Å². The van der Waals surface area contributed by atoms with Crippen LogP contribution in [0, 0.1) is 17.8 Å². The molecule has 0 fully saturated rings. The average Bonchev–Trinajstić information content (AvgIpc) is 2.52. The lowest BCUT2D eigenvalue weighted by Gasteiger charge is -2.17. The van der Waals surface area contributed by atoms with Crippen molar-refractivity contribution >= 4 is 17.2 Å². The van der Waals surface area contributed by atoms with E-state index in [0.29, 0.717) is 0 Å². The Morgan fingerprint density at radius 3 is 2.39 bits per heavy atom. The molecule has 0 aliphatic heterocycles. The van der Waals surface area contributed by atoms with E-state index in [1.165, 1.54) is 27.8 Å². The predicted molar refractivity (Wildman–Crippen MR) is 105 cm³/mol. The van der Waals surface area contributed by atoms with Gasteiger partial charge in [0.05, 0.1) is 0 Å². The Morgan fingerprint density at radius 1 is 1.13 bits per heavy atom. The summed E-state index contributed by atoms with van der Waals surface area (Å²) in [6.45, 7) is 19.9. The number of fused-ring (bicyclic) bond motifs is 1. The van der Waals surface area contributed by atoms with E-state index in [0.717, 1.165) is 5.57 Å². The van der Waals surface area contributed by atoms with Gasteiger partial charge in [0, 0.05) is 5.41 Å². The van der Waals surface area contributed by atoms with Gasteiger partial charge in [0.2, 0.25) is 0 Å². The smallest absolute Gasteiger partial charge is 0.00137 e. The van der Waals surface area contributed by atoms with Gasteiger partial charge in [0.25, 0.3) is 0 Å². The molecule has 0 aromatic heterocycles. The summed E-state index contributed by atoms with van der Waals surface area (Å²) in [6.07, 6.45) is 11.3. The van der Waals surface area contributed by atoms with Crippen LogP contribution in [0.4, 0.5) is 0 Å². The summed E-state index contributed by atoms with van der Waals surface area (Å²) < 4.78 is 0. The van der Waals surface area contributed by atoms with Crippen molar-refractivity contribution in [2.45, 2.75) is 48.5 Å². The van der Waals surface area contributed by atoms with Crippen LogP contribution in [0.1, 0.15) is 63.8 Å². The molecule has 0 spiro atoms. The van der Waals surface area contributed by atoms with Gasteiger partial charge in [-0.1, -0.05) is 83.7 Å². The topological polar surface area (TPSA) is 0 Å². The molecular weight excluding hydrogens is 276 g/mol. The van der Waals surface area contributed by atoms with Gasteiger partial charge in [-0.2, -0.15) is 0 Å². The van der Waals surface area contributed by atoms with E-state index in [9.17, 15) is 0 Å². The molecule has 1 aromatic rings. The number of hydrogen-bond donors (Lipinski definition) is 0. The van der Waals surface area contributed by atoms with E-state index in [1.54, 1.807) is 0 Å². The van der Waals surface area contributed by atoms with Crippen molar-refractivity contribution in [1.82, 2.24) is 0 Å². The highest BCUT2D eigenvalue weighted by Crippen LogP contribution is 2.36. The van der Waals surface area contributed by atoms with Crippen molar-refractivity contribution in [3.8, 4) is 0 Å². The third-order valence-corrected chi connectivity index (χ3v) is 4.30. The van der Waals surface area contributed by atoms with Crippen LogP contribution >= 0.6 is 0 Å². The summed E-state index contributed by atoms with van der Waals surface area (Å²) >= 11 is 0. The lowest BCUT2D eigenvalue weighted by Crippen LogP contribution is -2.02. The fourth-order valence-corrected chi connectivity index (χ4v) is 3.17. The predicted octanol–water partition coefficient (Wildman–Crippen LogP) is 7.07. The molecule has 1 aliphatic carbocycles. The van der Waals surface area contributed by atoms with Crippen molar-refractivity contribution in [3.63, 3.8) is 0 Å². The normalized spacial score (nSPS) is 16.9. The molecule has 2 rings (SSSR count). The highest BCUT2D eigenvalue weighted by Gasteiger charge is 2.19. The standard InChI is InChI=1S/C23H30/c1-16(11-13-22(4,5)6)20-10-9-19-12-14-23(7,8)15-17(2)21(19)18(20)3/h9-15H,1H2,2-8H3. The Morgan fingerprint density at radius 2 is 1.78 bits per heavy atom. The molecule has 0 nitrogen and oxygen atoms in total. The van der Waals surface area contributed by atoms with Gasteiger partial charge >= 0.3 is 0 Å². The number of rotatable bonds is 2. The number of allylic oxidation sites excluding steroid dienone is 6. The Labute approximate surface area is 142 Å². The summed E-state index contributed by atoms with van der Waals surface area (Å²) in [4.78, 5) is 0. The van der Waals surface area contributed by atoms with Gasteiger partial charge < -0.3 is 0 Å². The molecule has 1 aromatic carbocycles. The molecule has 0 N–H and O–H groups in total. The third kappa shape index (κ3) is 4.13. The second kappa shape index (κ2) is 6.00. The first-order valence-corrected chi connectivity index (χ1v) is 8.41. The molecule has 0 atom stereocenters. The molecule has 0 bridgehead atoms. The van der Waals surface area contributed by atoms with Crippen LogP contribution in [-0.4, -0.2) is 0 Å². The minimum absolute atomic E-state index is 0.0961. The Kier molecular flexibility index (Phi) is 4.57. The lowest BCUT2D eigenvalue weighted by atomic mass is 9.87. The summed E-state index contributed by atoms with van der Waals surface area (Å²) in [5.41, 5.74) is 7.92. The quantitative estimate of drug-likeness (QED) is 0.513. The first-order chi connectivity index (χ1) is 10.5. The van der Waals surface area contributed by atoms with Crippen LogP contribution in [0.3, 0.4) is 0 Å². The minimum Gasteiger partial charge on any atom is -0.0912 e. The average molecular weight is 306 g/mol. The number of hydrogen-bond acceptors (Lipinski definition) is 0. The second-order valence-corrected chi connectivity index (χ2v) is 8.41. The van der Waals surface area contributed by atoms with Gasteiger partial charge in [-0.25, -0.2) is 0 Å². The molecule has 0 saturated heterocycles. The van der Waals surface area contributed by atoms with Crippen molar-refractivity contribution in [1.29, 1.82) is 0 Å². The van der Waals surface area contributed by atoms with Gasteiger partial charge in [-0.15, -0.1) is 0 Å². The summed E-state index contributed by atoms with van der Waals surface area (Å²) in [5, 5.41) is 0. The molecule has 0 unspecified atom stereocenters. The fourth-order valence-electron chi connectivity index (χ4n) is 3.17. The zero-order chi connectivity index (χ0) is 17.4. The molecule has 122 valence electrons. The molecule has 23 heavy (non-hydrogen) atoms. The van der Waals surface area contributed by atoms with Crippen LogP contribution in [0.25, 0.3) is 17.2 Å². The highest BCUT2D eigenvalue weighted by molar-refractivity contribution is 5.84. The SMILES string of the molecule is C=C(C=CC(C)(C)C)c1ccc2c(c1C)C(C)=CC(C)(C)C=C2. The Hall–Kier alpha value is -1.82. The molecule has 0 amide bonds. The largest absolute Gasteiger partial charge is 0.0912 e. The molecule has 1 aliphatic rings. The third-order valence-electron chi connectivity index (χ3n) is 4.30. The van der Waals surface area contributed by atoms with Crippen LogP contribution in [0.2, 0.25) is 0 Å². The van der Waals surface area contributed by atoms with E-state index in [2.05, 4.69) is 97.6 Å². The van der Waals surface area contributed by atoms with Crippen LogP contribution in [-0.2, 0) is 0 Å². The maximum atomic E-state index is 4.29. The maximum Gasteiger partial charge on any atom is 0.00137 e. The fraction of sp³-hybridized carbons (Fsp3) is 0.391. The van der Waals surface area contributed by atoms with Crippen LogP contribution in [0.15, 0.2) is 43.0 Å². The zero-order valence-electron chi connectivity index (χ0n) is 15.7. The molecule has 0 heterocycles. The van der Waals surface area contributed by atoms with Crippen molar-refractivity contribution in [2.24, 2.45) is 10.8 Å². The zero-order valence-corrected chi connectivity index (χ0v) is 15.7. The van der Waals surface area contributed by atoms with Crippen molar-refractivity contribution in [3.05, 3.63) is 65.3 Å². The van der Waals surface area contributed by atoms with E-state index in [1.807, 2.05) is 0 Å². The minimum atomic E-state index is 0.0961. The van der Waals surface area contributed by atoms with E-state index >= 15 is 0 Å². The number of benzene rings is 1. The van der Waals surface area contributed by atoms with Crippen LogP contribution in [0.5, 0.6) is 0 Å². The maximum absolute atomic E-state index is 4.29. The second-order valence-electron chi connectivity index (χ2n) is 8.41. The lowest BCUT2D eigenvalue weighted by molar-refractivity contribution is 0.544. The van der Waals surface area contributed by atoms with Gasteiger partial charge in [-0.3, -0.25) is 0 Å². The van der Waals surface area contributed by atoms with Crippen molar-refractivity contribution < 1.29 is 0 Å². The first-order valence-electron chi connectivity index (χ1n) is 8.41. The molecule has 0 heteroatoms. The van der Waals surface area contributed by atoms with E-state index in [-0.39, 0.29) is 10.8 Å². The summed E-state index contributed by atoms with van der Waals surface area (Å²) in [5.74, 6) is 0. The molecular formula is C23H30. The van der Waals surface area contributed by atoms with Gasteiger partial charge in [-0.05, 0) is 52.7 Å². The highest BCUT2D eigenvalue weighted by atomic mass is 14.2. The van der Waals surface area contributed by atoms with E-state index < -0.39 is 0 Å². The monoisotopic (exact) mass is 306 g/mol. The van der Waals surface area contributed by atoms with Crippen LogP contribution < -0.4 is 0 Å². The first kappa shape index (κ1) is 17.5. The Bertz CT molecular complexity index is 713.